The fraction of sp³-hybridized carbons (Fsp3) is 0.350. The van der Waals surface area contributed by atoms with Crippen molar-refractivity contribution in [2.75, 3.05) is 17.1 Å². The zero-order valence-corrected chi connectivity index (χ0v) is 18.4. The van der Waals surface area contributed by atoms with Crippen LogP contribution in [0.4, 0.5) is 5.69 Å². The predicted molar refractivity (Wildman–Crippen MR) is 115 cm³/mol. The molecule has 0 bridgehead atoms. The summed E-state index contributed by atoms with van der Waals surface area (Å²) in [6, 6.07) is 13.9. The van der Waals surface area contributed by atoms with Gasteiger partial charge in [0.25, 0.3) is 0 Å². The molecule has 0 aliphatic carbocycles. The average Bonchev–Trinajstić information content (AvgIpc) is 2.61. The van der Waals surface area contributed by atoms with E-state index in [0.29, 0.717) is 10.9 Å². The second-order valence-electron chi connectivity index (χ2n) is 7.03. The first kappa shape index (κ1) is 22.5. The molecule has 152 valence electrons. The molecule has 0 fully saturated rings. The third kappa shape index (κ3) is 6.40. The van der Waals surface area contributed by atoms with E-state index in [0.717, 1.165) is 22.5 Å². The minimum atomic E-state index is -3.75. The first-order valence-electron chi connectivity index (χ1n) is 8.85. The summed E-state index contributed by atoms with van der Waals surface area (Å²) in [5, 5.41) is 3.48. The molecule has 0 aliphatic heterocycles. The number of amides is 1. The summed E-state index contributed by atoms with van der Waals surface area (Å²) in [5.74, 6) is -0.0742. The Morgan fingerprint density at radius 2 is 1.75 bits per heavy atom. The summed E-state index contributed by atoms with van der Waals surface area (Å²) in [6.45, 7) is 3.74. The number of carbonyl (C=O) groups excluding carboxylic acids is 1. The molecule has 28 heavy (non-hydrogen) atoms. The number of carbonyl (C=O) groups is 1. The van der Waals surface area contributed by atoms with Gasteiger partial charge in [-0.2, -0.15) is 0 Å². The van der Waals surface area contributed by atoms with E-state index in [-0.39, 0.29) is 23.3 Å². The zero-order valence-electron chi connectivity index (χ0n) is 16.0. The number of anilines is 1. The molecule has 8 heteroatoms. The van der Waals surface area contributed by atoms with Gasteiger partial charge in [-0.25, -0.2) is 8.42 Å². The van der Waals surface area contributed by atoms with Gasteiger partial charge in [0.1, 0.15) is 6.54 Å². The Bertz CT molecular complexity index is 918. The van der Waals surface area contributed by atoms with Gasteiger partial charge in [-0.15, -0.1) is 0 Å². The Hall–Kier alpha value is -1.76. The van der Waals surface area contributed by atoms with Crippen LogP contribution in [0.25, 0.3) is 0 Å². The second kappa shape index (κ2) is 9.63. The average molecular weight is 443 g/mol. The molecule has 1 atom stereocenters. The molecule has 0 radical (unpaired) electrons. The van der Waals surface area contributed by atoms with Crippen molar-refractivity contribution < 1.29 is 13.2 Å². The number of nitrogens with one attached hydrogen (secondary N) is 1. The predicted octanol–water partition coefficient (Wildman–Crippen LogP) is 4.66. The molecule has 2 aromatic carbocycles. The van der Waals surface area contributed by atoms with Gasteiger partial charge in [0.15, 0.2) is 0 Å². The van der Waals surface area contributed by atoms with E-state index < -0.39 is 15.9 Å². The van der Waals surface area contributed by atoms with Gasteiger partial charge >= 0.3 is 0 Å². The van der Waals surface area contributed by atoms with Gasteiger partial charge in [-0.1, -0.05) is 67.4 Å². The van der Waals surface area contributed by atoms with Crippen LogP contribution < -0.4 is 9.62 Å². The van der Waals surface area contributed by atoms with Crippen molar-refractivity contribution in [2.45, 2.75) is 26.3 Å². The first-order valence-corrected chi connectivity index (χ1v) is 11.5. The van der Waals surface area contributed by atoms with Crippen molar-refractivity contribution in [2.24, 2.45) is 5.92 Å². The van der Waals surface area contributed by atoms with E-state index in [1.807, 2.05) is 30.3 Å². The third-order valence-electron chi connectivity index (χ3n) is 4.11. The monoisotopic (exact) mass is 442 g/mol. The molecule has 1 N–H and O–H groups in total. The van der Waals surface area contributed by atoms with E-state index in [4.69, 9.17) is 23.2 Å². The Morgan fingerprint density at radius 1 is 1.11 bits per heavy atom. The maximum atomic E-state index is 12.7. The van der Waals surface area contributed by atoms with Gasteiger partial charge < -0.3 is 5.32 Å². The number of hydrogen-bond donors (Lipinski definition) is 1. The van der Waals surface area contributed by atoms with Crippen molar-refractivity contribution in [1.82, 2.24) is 5.32 Å². The summed E-state index contributed by atoms with van der Waals surface area (Å²) in [4.78, 5) is 12.7. The van der Waals surface area contributed by atoms with Crippen molar-refractivity contribution >= 4 is 44.8 Å². The number of benzene rings is 2. The van der Waals surface area contributed by atoms with Crippen LogP contribution in [-0.2, 0) is 14.8 Å². The van der Waals surface area contributed by atoms with Gasteiger partial charge in [-0.05, 0) is 36.1 Å². The summed E-state index contributed by atoms with van der Waals surface area (Å²) < 4.78 is 25.6. The van der Waals surface area contributed by atoms with Crippen LogP contribution in [0.1, 0.15) is 31.9 Å². The maximum Gasteiger partial charge on any atom is 0.241 e. The molecular weight excluding hydrogens is 419 g/mol. The van der Waals surface area contributed by atoms with Crippen molar-refractivity contribution in [3.8, 4) is 0 Å². The Kier molecular flexibility index (Phi) is 7.75. The van der Waals surface area contributed by atoms with Crippen LogP contribution in [0.15, 0.2) is 48.5 Å². The molecule has 5 nitrogen and oxygen atoms in total. The quantitative estimate of drug-likeness (QED) is 0.645. The summed E-state index contributed by atoms with van der Waals surface area (Å²) in [7, 11) is -3.75. The number of rotatable bonds is 8. The smallest absolute Gasteiger partial charge is 0.241 e. The van der Waals surface area contributed by atoms with E-state index in [1.54, 1.807) is 6.07 Å². The molecule has 0 aromatic heterocycles. The highest BCUT2D eigenvalue weighted by Crippen LogP contribution is 2.30. The van der Waals surface area contributed by atoms with E-state index >= 15 is 0 Å². The van der Waals surface area contributed by atoms with E-state index in [9.17, 15) is 13.2 Å². The topological polar surface area (TPSA) is 66.5 Å². The molecule has 0 saturated heterocycles. The Labute approximate surface area is 176 Å². The lowest BCUT2D eigenvalue weighted by molar-refractivity contribution is -0.120. The fourth-order valence-corrected chi connectivity index (χ4v) is 4.16. The van der Waals surface area contributed by atoms with Gasteiger partial charge in [0.2, 0.25) is 15.9 Å². The molecule has 0 aliphatic rings. The van der Waals surface area contributed by atoms with Crippen LogP contribution in [0.3, 0.4) is 0 Å². The highest BCUT2D eigenvalue weighted by Gasteiger charge is 2.25. The lowest BCUT2D eigenvalue weighted by atomic mass is 9.97. The molecular formula is C20H24Cl2N2O3S. The number of halogens is 2. The van der Waals surface area contributed by atoms with Crippen molar-refractivity contribution in [1.29, 1.82) is 0 Å². The van der Waals surface area contributed by atoms with E-state index in [2.05, 4.69) is 19.2 Å². The van der Waals surface area contributed by atoms with Gasteiger partial charge in [0.05, 0.1) is 23.0 Å². The van der Waals surface area contributed by atoms with Crippen molar-refractivity contribution in [3.05, 3.63) is 64.1 Å². The van der Waals surface area contributed by atoms with E-state index in [1.165, 1.54) is 12.1 Å². The SMILES string of the molecule is CC(C)C[C@H](NC(=O)CN(c1cc(Cl)ccc1Cl)S(C)(=O)=O)c1ccccc1. The van der Waals surface area contributed by atoms with Crippen molar-refractivity contribution in [3.63, 3.8) is 0 Å². The molecule has 2 aromatic rings. The Balaban J connectivity index is 2.26. The highest BCUT2D eigenvalue weighted by molar-refractivity contribution is 7.92. The molecule has 0 heterocycles. The number of sulfonamides is 1. The lowest BCUT2D eigenvalue weighted by Gasteiger charge is -2.26. The second-order valence-corrected chi connectivity index (χ2v) is 9.78. The highest BCUT2D eigenvalue weighted by atomic mass is 35.5. The van der Waals surface area contributed by atoms with Gasteiger partial charge in [-0.3, -0.25) is 9.10 Å². The largest absolute Gasteiger partial charge is 0.348 e. The zero-order chi connectivity index (χ0) is 20.9. The molecule has 0 saturated carbocycles. The summed E-state index contributed by atoms with van der Waals surface area (Å²) in [6.07, 6.45) is 1.76. The molecule has 1 amide bonds. The fourth-order valence-electron chi connectivity index (χ4n) is 2.86. The van der Waals surface area contributed by atoms with Crippen LogP contribution in [0, 0.1) is 5.92 Å². The van der Waals surface area contributed by atoms with Crippen LogP contribution in [0.5, 0.6) is 0 Å². The molecule has 0 unspecified atom stereocenters. The van der Waals surface area contributed by atoms with Crippen LogP contribution >= 0.6 is 23.2 Å². The summed E-state index contributed by atoms with van der Waals surface area (Å²) >= 11 is 12.1. The first-order chi connectivity index (χ1) is 13.1. The normalized spacial score (nSPS) is 12.6. The van der Waals surface area contributed by atoms with Crippen LogP contribution in [0.2, 0.25) is 10.0 Å². The molecule has 2 rings (SSSR count). The Morgan fingerprint density at radius 3 is 2.32 bits per heavy atom. The number of hydrogen-bond acceptors (Lipinski definition) is 3. The minimum Gasteiger partial charge on any atom is -0.348 e. The maximum absolute atomic E-state index is 12.7. The standard InChI is InChI=1S/C20H24Cl2N2O3S/c1-14(2)11-18(15-7-5-4-6-8-15)23-20(25)13-24(28(3,26)27)19-12-16(21)9-10-17(19)22/h4-10,12,14,18H,11,13H2,1-3H3,(H,23,25)/t18-/m0/s1. The minimum absolute atomic E-state index is 0.173. The van der Waals surface area contributed by atoms with Crippen LogP contribution in [-0.4, -0.2) is 27.1 Å². The summed E-state index contributed by atoms with van der Waals surface area (Å²) in [5.41, 5.74) is 1.14. The lowest BCUT2D eigenvalue weighted by Crippen LogP contribution is -2.42. The number of nitrogens with zero attached hydrogens (tertiary/aromatic N) is 1. The third-order valence-corrected chi connectivity index (χ3v) is 5.79. The molecule has 0 spiro atoms. The van der Waals surface area contributed by atoms with Gasteiger partial charge in [0, 0.05) is 5.02 Å².